The van der Waals surface area contributed by atoms with Gasteiger partial charge in [0.05, 0.1) is 11.3 Å². The zero-order valence-electron chi connectivity index (χ0n) is 13.7. The quantitative estimate of drug-likeness (QED) is 0.775. The van der Waals surface area contributed by atoms with Crippen LogP contribution in [0.15, 0.2) is 18.2 Å². The van der Waals surface area contributed by atoms with Gasteiger partial charge in [0, 0.05) is 6.04 Å². The lowest BCUT2D eigenvalue weighted by Crippen LogP contribution is -2.45. The van der Waals surface area contributed by atoms with Gasteiger partial charge < -0.3 is 21.1 Å². The van der Waals surface area contributed by atoms with Gasteiger partial charge in [0.1, 0.15) is 0 Å². The largest absolute Gasteiger partial charge is 0.478 e. The molecule has 7 heteroatoms. The first-order valence-corrected chi connectivity index (χ1v) is 8.21. The van der Waals surface area contributed by atoms with E-state index in [0.29, 0.717) is 29.5 Å². The average molecular weight is 354 g/mol. The van der Waals surface area contributed by atoms with Gasteiger partial charge in [0.2, 0.25) is 0 Å². The molecule has 0 radical (unpaired) electrons. The van der Waals surface area contributed by atoms with E-state index in [2.05, 4.69) is 10.6 Å². The highest BCUT2D eigenvalue weighted by atomic mass is 35.5. The molecule has 3 unspecified atom stereocenters. The van der Waals surface area contributed by atoms with Crippen LogP contribution in [0.2, 0.25) is 0 Å². The highest BCUT2D eigenvalue weighted by Gasteiger charge is 2.30. The molecule has 0 spiro atoms. The van der Waals surface area contributed by atoms with Crippen molar-refractivity contribution in [2.24, 2.45) is 11.7 Å². The van der Waals surface area contributed by atoms with Crippen LogP contribution in [0, 0.1) is 5.92 Å². The minimum Gasteiger partial charge on any atom is -0.478 e. The summed E-state index contributed by atoms with van der Waals surface area (Å²) in [4.78, 5) is 24.4. The van der Waals surface area contributed by atoms with Crippen molar-refractivity contribution in [3.63, 3.8) is 0 Å². The van der Waals surface area contributed by atoms with Crippen molar-refractivity contribution in [3.8, 4) is 5.75 Å². The third-order valence-corrected chi connectivity index (χ3v) is 4.71. The first-order chi connectivity index (χ1) is 11.1. The molecular weight excluding hydrogens is 330 g/mol. The predicted molar refractivity (Wildman–Crippen MR) is 94.7 cm³/mol. The zero-order valence-corrected chi connectivity index (χ0v) is 14.5. The summed E-state index contributed by atoms with van der Waals surface area (Å²) in [5, 5.41) is 5.87. The van der Waals surface area contributed by atoms with E-state index in [0.717, 1.165) is 19.3 Å². The number of hydrogen-bond acceptors (Lipinski definition) is 4. The standard InChI is InChI=1S/C17H23N3O3.ClH/c1-10-16(21)20-14-8-4-6-12(15(14)23-10)17(22)19-13-7-3-2-5-11(13)9-18;/h4,6,8,10-11,13H,2-3,5,7,9,18H2,1H3,(H,19,22)(H,20,21);1H. The molecule has 6 nitrogen and oxygen atoms in total. The summed E-state index contributed by atoms with van der Waals surface area (Å²) in [5.41, 5.74) is 6.82. The van der Waals surface area contributed by atoms with Crippen LogP contribution in [0.25, 0.3) is 0 Å². The fourth-order valence-corrected chi connectivity index (χ4v) is 3.33. The molecule has 1 aliphatic heterocycles. The molecule has 1 fully saturated rings. The number of fused-ring (bicyclic) bond motifs is 1. The molecule has 1 aliphatic carbocycles. The van der Waals surface area contributed by atoms with Crippen LogP contribution >= 0.6 is 12.4 Å². The number of nitrogens with two attached hydrogens (primary N) is 1. The first-order valence-electron chi connectivity index (χ1n) is 8.21. The van der Waals surface area contributed by atoms with Crippen LogP contribution in [0.4, 0.5) is 5.69 Å². The molecule has 3 atom stereocenters. The molecule has 4 N–H and O–H groups in total. The van der Waals surface area contributed by atoms with E-state index in [1.54, 1.807) is 25.1 Å². The fraction of sp³-hybridized carbons (Fsp3) is 0.529. The van der Waals surface area contributed by atoms with Crippen LogP contribution in [0.5, 0.6) is 5.75 Å². The van der Waals surface area contributed by atoms with Gasteiger partial charge in [0.25, 0.3) is 11.8 Å². The summed E-state index contributed by atoms with van der Waals surface area (Å²) in [7, 11) is 0. The maximum atomic E-state index is 12.7. The second-order valence-corrected chi connectivity index (χ2v) is 6.29. The summed E-state index contributed by atoms with van der Waals surface area (Å²) < 4.78 is 5.64. The van der Waals surface area contributed by atoms with Crippen LogP contribution in [-0.4, -0.2) is 30.5 Å². The number of nitrogens with one attached hydrogen (secondary N) is 2. The molecule has 1 aromatic carbocycles. The summed E-state index contributed by atoms with van der Waals surface area (Å²) >= 11 is 0. The molecule has 1 aromatic rings. The first kappa shape index (κ1) is 18.5. The van der Waals surface area contributed by atoms with E-state index >= 15 is 0 Å². The summed E-state index contributed by atoms with van der Waals surface area (Å²) in [6, 6.07) is 5.31. The van der Waals surface area contributed by atoms with Crippen molar-refractivity contribution in [2.75, 3.05) is 11.9 Å². The van der Waals surface area contributed by atoms with Crippen molar-refractivity contribution in [1.29, 1.82) is 0 Å². The summed E-state index contributed by atoms with van der Waals surface area (Å²) in [6.45, 7) is 2.25. The maximum Gasteiger partial charge on any atom is 0.265 e. The second kappa shape index (κ2) is 7.85. The molecule has 1 saturated carbocycles. The Balaban J connectivity index is 0.00000208. The smallest absolute Gasteiger partial charge is 0.265 e. The summed E-state index contributed by atoms with van der Waals surface area (Å²) in [6.07, 6.45) is 3.68. The number of hydrogen-bond donors (Lipinski definition) is 3. The van der Waals surface area contributed by atoms with Gasteiger partial charge >= 0.3 is 0 Å². The summed E-state index contributed by atoms with van der Waals surface area (Å²) in [5.74, 6) is 0.394. The van der Waals surface area contributed by atoms with E-state index in [9.17, 15) is 9.59 Å². The predicted octanol–water partition coefficient (Wildman–Crippen LogP) is 2.08. The number of halogens is 1. The average Bonchev–Trinajstić information content (AvgIpc) is 2.56. The number of benzene rings is 1. The number of rotatable bonds is 3. The Morgan fingerprint density at radius 1 is 1.38 bits per heavy atom. The minimum atomic E-state index is -0.608. The van der Waals surface area contributed by atoms with Crippen LogP contribution in [-0.2, 0) is 4.79 Å². The third kappa shape index (κ3) is 3.65. The lowest BCUT2D eigenvalue weighted by atomic mass is 9.84. The molecule has 3 rings (SSSR count). The molecule has 132 valence electrons. The lowest BCUT2D eigenvalue weighted by Gasteiger charge is -2.32. The molecule has 0 saturated heterocycles. The fourth-order valence-electron chi connectivity index (χ4n) is 3.33. The number of ether oxygens (including phenoxy) is 1. The molecule has 24 heavy (non-hydrogen) atoms. The Bertz CT molecular complexity index is 623. The Kier molecular flexibility index (Phi) is 6.07. The van der Waals surface area contributed by atoms with Gasteiger partial charge in [-0.3, -0.25) is 9.59 Å². The van der Waals surface area contributed by atoms with Crippen molar-refractivity contribution >= 4 is 29.9 Å². The van der Waals surface area contributed by atoms with Gasteiger partial charge in [-0.15, -0.1) is 12.4 Å². The number of carbonyl (C=O) groups is 2. The SMILES string of the molecule is CC1Oc2c(cccc2C(=O)NC2CCCCC2CN)NC1=O.Cl. The maximum absolute atomic E-state index is 12.7. The van der Waals surface area contributed by atoms with Crippen molar-refractivity contribution in [1.82, 2.24) is 5.32 Å². The van der Waals surface area contributed by atoms with E-state index < -0.39 is 6.10 Å². The number of anilines is 1. The van der Waals surface area contributed by atoms with Crippen LogP contribution < -0.4 is 21.1 Å². The van der Waals surface area contributed by atoms with Crippen LogP contribution in [0.1, 0.15) is 43.0 Å². The topological polar surface area (TPSA) is 93.4 Å². The third-order valence-electron chi connectivity index (χ3n) is 4.71. The molecule has 1 heterocycles. The molecular formula is C17H24ClN3O3. The minimum absolute atomic E-state index is 0. The highest BCUT2D eigenvalue weighted by Crippen LogP contribution is 2.33. The van der Waals surface area contributed by atoms with Crippen molar-refractivity contribution in [3.05, 3.63) is 23.8 Å². The molecule has 2 amide bonds. The van der Waals surface area contributed by atoms with Gasteiger partial charge in [0.15, 0.2) is 11.9 Å². The van der Waals surface area contributed by atoms with Gasteiger partial charge in [-0.1, -0.05) is 18.9 Å². The Morgan fingerprint density at radius 2 is 2.12 bits per heavy atom. The highest BCUT2D eigenvalue weighted by molar-refractivity contribution is 6.04. The van der Waals surface area contributed by atoms with E-state index in [4.69, 9.17) is 10.5 Å². The number of para-hydroxylation sites is 1. The second-order valence-electron chi connectivity index (χ2n) is 6.29. The lowest BCUT2D eigenvalue weighted by molar-refractivity contribution is -0.122. The van der Waals surface area contributed by atoms with E-state index in [-0.39, 0.29) is 30.3 Å². The monoisotopic (exact) mass is 353 g/mol. The Morgan fingerprint density at radius 3 is 2.88 bits per heavy atom. The molecule has 2 aliphatic rings. The molecule has 0 aromatic heterocycles. The van der Waals surface area contributed by atoms with Crippen molar-refractivity contribution < 1.29 is 14.3 Å². The Hall–Kier alpha value is -1.79. The molecule has 0 bridgehead atoms. The van der Waals surface area contributed by atoms with Gasteiger partial charge in [-0.2, -0.15) is 0 Å². The Labute approximate surface area is 147 Å². The van der Waals surface area contributed by atoms with Gasteiger partial charge in [-0.25, -0.2) is 0 Å². The normalized spacial score (nSPS) is 25.6. The van der Waals surface area contributed by atoms with Crippen molar-refractivity contribution in [2.45, 2.75) is 44.8 Å². The van der Waals surface area contributed by atoms with E-state index in [1.807, 2.05) is 0 Å². The van der Waals surface area contributed by atoms with E-state index in [1.165, 1.54) is 6.42 Å². The van der Waals surface area contributed by atoms with Gasteiger partial charge in [-0.05, 0) is 44.4 Å². The zero-order chi connectivity index (χ0) is 16.4. The van der Waals surface area contributed by atoms with Crippen LogP contribution in [0.3, 0.4) is 0 Å². The number of amides is 2. The number of carbonyl (C=O) groups excluding carboxylic acids is 2.